The van der Waals surface area contributed by atoms with Crippen LogP contribution in [0.5, 0.6) is 5.75 Å². The van der Waals surface area contributed by atoms with Gasteiger partial charge in [0.05, 0.1) is 30.3 Å². The molecule has 1 aliphatic rings. The van der Waals surface area contributed by atoms with Crippen LogP contribution < -0.4 is 4.74 Å². The zero-order valence-electron chi connectivity index (χ0n) is 19.1. The highest BCUT2D eigenvalue weighted by Gasteiger charge is 2.26. The summed E-state index contributed by atoms with van der Waals surface area (Å²) < 4.78 is 47.9. The number of esters is 1. The van der Waals surface area contributed by atoms with Crippen molar-refractivity contribution in [3.05, 3.63) is 66.1 Å². The van der Waals surface area contributed by atoms with E-state index in [1.54, 1.807) is 12.1 Å². The van der Waals surface area contributed by atoms with Crippen LogP contribution in [0.15, 0.2) is 64.0 Å². The van der Waals surface area contributed by atoms with Crippen LogP contribution in [-0.4, -0.2) is 61.7 Å². The standard InChI is InChI=1S/C24H25N3O7S/c1-2-32-21-6-4-3-5-20(21)24-25-22(34-26-24)17-33-23(28)12-9-18-7-10-19(11-8-18)35(29,30)27-13-15-31-16-14-27/h3-12H,2,13-17H2,1H3/b12-9+. The first-order valence-electron chi connectivity index (χ1n) is 11.0. The van der Waals surface area contributed by atoms with Crippen LogP contribution in [0.1, 0.15) is 18.4 Å². The highest BCUT2D eigenvalue weighted by atomic mass is 32.2. The fourth-order valence-corrected chi connectivity index (χ4v) is 4.80. The van der Waals surface area contributed by atoms with Gasteiger partial charge in [-0.2, -0.15) is 9.29 Å². The van der Waals surface area contributed by atoms with Gasteiger partial charge in [0.1, 0.15) is 5.75 Å². The molecular weight excluding hydrogens is 474 g/mol. The summed E-state index contributed by atoms with van der Waals surface area (Å²) in [5.74, 6) is 0.504. The summed E-state index contributed by atoms with van der Waals surface area (Å²) in [4.78, 5) is 16.6. The molecule has 0 saturated carbocycles. The fourth-order valence-electron chi connectivity index (χ4n) is 3.39. The second-order valence-electron chi connectivity index (χ2n) is 7.47. The maximum Gasteiger partial charge on any atom is 0.331 e. The van der Waals surface area contributed by atoms with Gasteiger partial charge in [0.2, 0.25) is 15.8 Å². The van der Waals surface area contributed by atoms with E-state index in [4.69, 9.17) is 18.7 Å². The van der Waals surface area contributed by atoms with Gasteiger partial charge >= 0.3 is 5.97 Å². The minimum absolute atomic E-state index is 0.144. The quantitative estimate of drug-likeness (QED) is 0.323. The van der Waals surface area contributed by atoms with Gasteiger partial charge < -0.3 is 18.7 Å². The number of para-hydroxylation sites is 1. The summed E-state index contributed by atoms with van der Waals surface area (Å²) in [6, 6.07) is 13.6. The van der Waals surface area contributed by atoms with E-state index in [0.717, 1.165) is 0 Å². The molecule has 11 heteroatoms. The lowest BCUT2D eigenvalue weighted by molar-refractivity contribution is -0.139. The largest absolute Gasteiger partial charge is 0.493 e. The fraction of sp³-hybridized carbons (Fsp3) is 0.292. The molecule has 0 amide bonds. The van der Waals surface area contributed by atoms with Gasteiger partial charge in [-0.25, -0.2) is 13.2 Å². The SMILES string of the molecule is CCOc1ccccc1-c1noc(COC(=O)/C=C/c2ccc(S(=O)(=O)N3CCOCC3)cc2)n1. The lowest BCUT2D eigenvalue weighted by Crippen LogP contribution is -2.40. The number of nitrogens with zero attached hydrogens (tertiary/aromatic N) is 3. The molecule has 184 valence electrons. The number of carbonyl (C=O) groups is 1. The highest BCUT2D eigenvalue weighted by molar-refractivity contribution is 7.89. The third-order valence-corrected chi connectivity index (χ3v) is 7.05. The van der Waals surface area contributed by atoms with Crippen molar-refractivity contribution in [1.82, 2.24) is 14.4 Å². The molecule has 4 rings (SSSR count). The predicted octanol–water partition coefficient (Wildman–Crippen LogP) is 2.91. The van der Waals surface area contributed by atoms with E-state index in [1.807, 2.05) is 31.2 Å². The second kappa shape index (κ2) is 11.3. The first-order chi connectivity index (χ1) is 17.0. The normalized spacial score (nSPS) is 14.8. The molecule has 0 atom stereocenters. The smallest absolute Gasteiger partial charge is 0.331 e. The monoisotopic (exact) mass is 499 g/mol. The van der Waals surface area contributed by atoms with Gasteiger partial charge in [0.25, 0.3) is 5.89 Å². The van der Waals surface area contributed by atoms with Crippen LogP contribution in [0.3, 0.4) is 0 Å². The first-order valence-corrected chi connectivity index (χ1v) is 12.5. The number of morpholine rings is 1. The van der Waals surface area contributed by atoms with Gasteiger partial charge in [0, 0.05) is 19.2 Å². The topological polar surface area (TPSA) is 121 Å². The van der Waals surface area contributed by atoms with Crippen molar-refractivity contribution in [3.8, 4) is 17.1 Å². The van der Waals surface area contributed by atoms with Crippen molar-refractivity contribution in [3.63, 3.8) is 0 Å². The number of benzene rings is 2. The molecule has 0 spiro atoms. The number of aromatic nitrogens is 2. The molecule has 1 fully saturated rings. The molecule has 2 heterocycles. The zero-order valence-corrected chi connectivity index (χ0v) is 19.9. The molecule has 2 aromatic carbocycles. The van der Waals surface area contributed by atoms with E-state index in [-0.39, 0.29) is 17.4 Å². The lowest BCUT2D eigenvalue weighted by atomic mass is 10.2. The predicted molar refractivity (Wildman–Crippen MR) is 126 cm³/mol. The van der Waals surface area contributed by atoms with Crippen molar-refractivity contribution < 1.29 is 31.9 Å². The summed E-state index contributed by atoms with van der Waals surface area (Å²) in [6.45, 7) is 3.61. The summed E-state index contributed by atoms with van der Waals surface area (Å²) in [6.07, 6.45) is 2.78. The van der Waals surface area contributed by atoms with Crippen molar-refractivity contribution in [1.29, 1.82) is 0 Å². The molecule has 1 aromatic heterocycles. The molecule has 0 bridgehead atoms. The Balaban J connectivity index is 1.32. The third-order valence-electron chi connectivity index (χ3n) is 5.13. The third kappa shape index (κ3) is 6.13. The molecule has 3 aromatic rings. The van der Waals surface area contributed by atoms with Gasteiger partial charge in [-0.15, -0.1) is 0 Å². The number of carbonyl (C=O) groups excluding carboxylic acids is 1. The number of rotatable bonds is 9. The molecule has 1 saturated heterocycles. The summed E-state index contributed by atoms with van der Waals surface area (Å²) in [7, 11) is -3.57. The molecule has 0 N–H and O–H groups in total. The summed E-state index contributed by atoms with van der Waals surface area (Å²) >= 11 is 0. The van der Waals surface area contributed by atoms with E-state index in [0.29, 0.717) is 55.6 Å². The minimum atomic E-state index is -3.57. The van der Waals surface area contributed by atoms with Crippen LogP contribution in [0.25, 0.3) is 17.5 Å². The van der Waals surface area contributed by atoms with Gasteiger partial charge in [-0.3, -0.25) is 0 Å². The molecule has 0 unspecified atom stereocenters. The van der Waals surface area contributed by atoms with Crippen LogP contribution in [0.4, 0.5) is 0 Å². The Bertz CT molecular complexity index is 1280. The van der Waals surface area contributed by atoms with Gasteiger partial charge in [-0.1, -0.05) is 29.4 Å². The molecule has 10 nitrogen and oxygen atoms in total. The highest BCUT2D eigenvalue weighted by Crippen LogP contribution is 2.27. The number of ether oxygens (including phenoxy) is 3. The van der Waals surface area contributed by atoms with Crippen molar-refractivity contribution in [2.75, 3.05) is 32.9 Å². The average molecular weight is 500 g/mol. The van der Waals surface area contributed by atoms with Crippen LogP contribution in [0.2, 0.25) is 0 Å². The van der Waals surface area contributed by atoms with Crippen molar-refractivity contribution in [2.45, 2.75) is 18.4 Å². The van der Waals surface area contributed by atoms with Crippen molar-refractivity contribution >= 4 is 22.1 Å². The van der Waals surface area contributed by atoms with Crippen molar-refractivity contribution in [2.24, 2.45) is 0 Å². The van der Waals surface area contributed by atoms with E-state index >= 15 is 0 Å². The molecule has 1 aliphatic heterocycles. The van der Waals surface area contributed by atoms with Crippen LogP contribution in [-0.2, 0) is 30.9 Å². The van der Waals surface area contributed by atoms with Crippen LogP contribution >= 0.6 is 0 Å². The van der Waals surface area contributed by atoms with Crippen LogP contribution in [0, 0.1) is 0 Å². The Morgan fingerprint density at radius 1 is 1.11 bits per heavy atom. The Hall–Kier alpha value is -3.54. The van der Waals surface area contributed by atoms with E-state index in [9.17, 15) is 13.2 Å². The number of hydrogen-bond acceptors (Lipinski definition) is 9. The number of sulfonamides is 1. The maximum absolute atomic E-state index is 12.7. The minimum Gasteiger partial charge on any atom is -0.493 e. The maximum atomic E-state index is 12.7. The average Bonchev–Trinajstić information content (AvgIpc) is 3.36. The summed E-state index contributed by atoms with van der Waals surface area (Å²) in [5, 5.41) is 3.93. The zero-order chi connectivity index (χ0) is 24.7. The number of hydrogen-bond donors (Lipinski definition) is 0. The second-order valence-corrected chi connectivity index (χ2v) is 9.41. The van der Waals surface area contributed by atoms with Gasteiger partial charge in [0.15, 0.2) is 6.61 Å². The first kappa shape index (κ1) is 24.6. The van der Waals surface area contributed by atoms with E-state index < -0.39 is 16.0 Å². The molecule has 0 aliphatic carbocycles. The summed E-state index contributed by atoms with van der Waals surface area (Å²) in [5.41, 5.74) is 1.32. The molecule has 0 radical (unpaired) electrons. The Morgan fingerprint density at radius 3 is 2.60 bits per heavy atom. The molecular formula is C24H25N3O7S. The lowest BCUT2D eigenvalue weighted by Gasteiger charge is -2.26. The Labute approximate surface area is 203 Å². The molecule has 35 heavy (non-hydrogen) atoms. The van der Waals surface area contributed by atoms with E-state index in [2.05, 4.69) is 10.1 Å². The van der Waals surface area contributed by atoms with Gasteiger partial charge in [-0.05, 0) is 42.8 Å². The Morgan fingerprint density at radius 2 is 1.86 bits per heavy atom. The Kier molecular flexibility index (Phi) is 7.91. The van der Waals surface area contributed by atoms with E-state index in [1.165, 1.54) is 28.6 Å².